The Bertz CT molecular complexity index is 630. The lowest BCUT2D eigenvalue weighted by atomic mass is 10.1. The lowest BCUT2D eigenvalue weighted by Gasteiger charge is -2.21. The number of hydrogen-bond donors (Lipinski definition) is 0. The van der Waals surface area contributed by atoms with Gasteiger partial charge < -0.3 is 4.90 Å². The smallest absolute Gasteiger partial charge is 0.227 e. The average molecular weight is 309 g/mol. The van der Waals surface area contributed by atoms with Gasteiger partial charge in [0, 0.05) is 26.3 Å². The van der Waals surface area contributed by atoms with Crippen molar-refractivity contribution in [2.75, 3.05) is 20.1 Å². The van der Waals surface area contributed by atoms with Crippen LogP contribution in [0.15, 0.2) is 54.7 Å². The van der Waals surface area contributed by atoms with E-state index in [1.165, 1.54) is 5.56 Å². The molecule has 1 aromatic carbocycles. The van der Waals surface area contributed by atoms with Crippen LogP contribution in [0.1, 0.15) is 17.7 Å². The molecule has 0 N–H and O–H groups in total. The molecule has 0 bridgehead atoms. The molecule has 4 nitrogen and oxygen atoms in total. The van der Waals surface area contributed by atoms with Crippen molar-refractivity contribution in [2.45, 2.75) is 19.5 Å². The normalized spacial score (nSPS) is 18.0. The van der Waals surface area contributed by atoms with Crippen LogP contribution in [0.4, 0.5) is 0 Å². The summed E-state index contributed by atoms with van der Waals surface area (Å²) in [6.45, 7) is 3.34. The number of amides is 1. The fourth-order valence-corrected chi connectivity index (χ4v) is 3.14. The first-order valence-electron chi connectivity index (χ1n) is 8.13. The molecule has 0 saturated carbocycles. The zero-order chi connectivity index (χ0) is 16.1. The monoisotopic (exact) mass is 309 g/mol. The van der Waals surface area contributed by atoms with Crippen molar-refractivity contribution >= 4 is 5.91 Å². The first-order valence-corrected chi connectivity index (χ1v) is 8.13. The maximum Gasteiger partial charge on any atom is 0.227 e. The molecule has 1 aliphatic heterocycles. The largest absolute Gasteiger partial charge is 0.340 e. The summed E-state index contributed by atoms with van der Waals surface area (Å²) >= 11 is 0. The number of rotatable bonds is 5. The van der Waals surface area contributed by atoms with Gasteiger partial charge in [-0.25, -0.2) is 0 Å². The fourth-order valence-electron chi connectivity index (χ4n) is 3.14. The van der Waals surface area contributed by atoms with Crippen LogP contribution in [-0.2, 0) is 17.9 Å². The summed E-state index contributed by atoms with van der Waals surface area (Å²) in [4.78, 5) is 21.1. The molecule has 2 aromatic rings. The number of hydrogen-bond acceptors (Lipinski definition) is 3. The van der Waals surface area contributed by atoms with Crippen LogP contribution >= 0.6 is 0 Å². The molecular formula is C19H23N3O. The average Bonchev–Trinajstić information content (AvgIpc) is 3.04. The Morgan fingerprint density at radius 3 is 2.74 bits per heavy atom. The predicted octanol–water partition coefficient (Wildman–Crippen LogP) is 2.56. The van der Waals surface area contributed by atoms with E-state index in [1.807, 2.05) is 31.3 Å². The van der Waals surface area contributed by atoms with Crippen LogP contribution < -0.4 is 0 Å². The van der Waals surface area contributed by atoms with Crippen molar-refractivity contribution in [2.24, 2.45) is 5.92 Å². The molecule has 1 atom stereocenters. The van der Waals surface area contributed by atoms with Gasteiger partial charge in [-0.1, -0.05) is 36.4 Å². The summed E-state index contributed by atoms with van der Waals surface area (Å²) in [7, 11) is 1.87. The standard InChI is InChI=1S/C19H23N3O/c1-21(15-18-9-5-6-11-20-18)19(23)17-10-12-22(14-17)13-16-7-3-2-4-8-16/h2-9,11,17H,10,12-15H2,1H3. The maximum atomic E-state index is 12.6. The van der Waals surface area contributed by atoms with Crippen molar-refractivity contribution in [3.05, 3.63) is 66.0 Å². The second kappa shape index (κ2) is 7.38. The Hall–Kier alpha value is -2.20. The topological polar surface area (TPSA) is 36.4 Å². The molecule has 1 unspecified atom stereocenters. The summed E-state index contributed by atoms with van der Waals surface area (Å²) in [5.41, 5.74) is 2.24. The maximum absolute atomic E-state index is 12.6. The quantitative estimate of drug-likeness (QED) is 0.852. The highest BCUT2D eigenvalue weighted by Crippen LogP contribution is 2.21. The molecule has 1 aliphatic rings. The van der Waals surface area contributed by atoms with Gasteiger partial charge >= 0.3 is 0 Å². The minimum Gasteiger partial charge on any atom is -0.340 e. The zero-order valence-electron chi connectivity index (χ0n) is 13.6. The Kier molecular flexibility index (Phi) is 5.03. The summed E-state index contributed by atoms with van der Waals surface area (Å²) in [6, 6.07) is 16.3. The SMILES string of the molecule is CN(Cc1ccccn1)C(=O)C1CCN(Cc2ccccc2)C1. The molecule has 0 spiro atoms. The van der Waals surface area contributed by atoms with E-state index in [4.69, 9.17) is 0 Å². The number of carbonyl (C=O) groups excluding carboxylic acids is 1. The third kappa shape index (κ3) is 4.17. The van der Waals surface area contributed by atoms with Crippen LogP contribution in [0.2, 0.25) is 0 Å². The van der Waals surface area contributed by atoms with Gasteiger partial charge in [0.05, 0.1) is 18.2 Å². The van der Waals surface area contributed by atoms with Gasteiger partial charge in [-0.15, -0.1) is 0 Å². The Labute approximate surface area is 137 Å². The van der Waals surface area contributed by atoms with Crippen molar-refractivity contribution in [1.82, 2.24) is 14.8 Å². The minimum atomic E-state index is 0.104. The van der Waals surface area contributed by atoms with E-state index in [2.05, 4.69) is 34.1 Å². The van der Waals surface area contributed by atoms with Gasteiger partial charge in [0.15, 0.2) is 0 Å². The zero-order valence-corrected chi connectivity index (χ0v) is 13.6. The van der Waals surface area contributed by atoms with E-state index in [0.29, 0.717) is 6.54 Å². The van der Waals surface area contributed by atoms with Gasteiger partial charge in [-0.05, 0) is 30.7 Å². The Balaban J connectivity index is 1.52. The van der Waals surface area contributed by atoms with Gasteiger partial charge in [0.1, 0.15) is 0 Å². The number of carbonyl (C=O) groups is 1. The summed E-state index contributed by atoms with van der Waals surface area (Å²) in [6.07, 6.45) is 2.71. The summed E-state index contributed by atoms with van der Waals surface area (Å²) in [5, 5.41) is 0. The predicted molar refractivity (Wildman–Crippen MR) is 90.5 cm³/mol. The highest BCUT2D eigenvalue weighted by atomic mass is 16.2. The lowest BCUT2D eigenvalue weighted by molar-refractivity contribution is -0.134. The molecular weight excluding hydrogens is 286 g/mol. The molecule has 0 aliphatic carbocycles. The van der Waals surface area contributed by atoms with Crippen molar-refractivity contribution in [1.29, 1.82) is 0 Å². The number of pyridine rings is 1. The second-order valence-electron chi connectivity index (χ2n) is 6.22. The number of benzene rings is 1. The van der Waals surface area contributed by atoms with Gasteiger partial charge in [0.25, 0.3) is 0 Å². The summed E-state index contributed by atoms with van der Waals surface area (Å²) < 4.78 is 0. The van der Waals surface area contributed by atoms with Crippen molar-refractivity contribution in [3.8, 4) is 0 Å². The van der Waals surface area contributed by atoms with Crippen LogP contribution in [-0.4, -0.2) is 40.8 Å². The third-order valence-electron chi connectivity index (χ3n) is 4.37. The van der Waals surface area contributed by atoms with E-state index in [1.54, 1.807) is 11.1 Å². The van der Waals surface area contributed by atoms with Crippen LogP contribution in [0.3, 0.4) is 0 Å². The van der Waals surface area contributed by atoms with Crippen molar-refractivity contribution < 1.29 is 4.79 Å². The van der Waals surface area contributed by atoms with Crippen molar-refractivity contribution in [3.63, 3.8) is 0 Å². The molecule has 3 rings (SSSR count). The van der Waals surface area contributed by atoms with E-state index in [9.17, 15) is 4.79 Å². The van der Waals surface area contributed by atoms with Gasteiger partial charge in [-0.3, -0.25) is 14.7 Å². The highest BCUT2D eigenvalue weighted by Gasteiger charge is 2.30. The second-order valence-corrected chi connectivity index (χ2v) is 6.22. The fraction of sp³-hybridized carbons (Fsp3) is 0.368. The van der Waals surface area contributed by atoms with Crippen LogP contribution in [0.25, 0.3) is 0 Å². The first kappa shape index (κ1) is 15.7. The van der Waals surface area contributed by atoms with E-state index >= 15 is 0 Å². The van der Waals surface area contributed by atoms with E-state index in [-0.39, 0.29) is 11.8 Å². The molecule has 120 valence electrons. The third-order valence-corrected chi connectivity index (χ3v) is 4.37. The number of nitrogens with zero attached hydrogens (tertiary/aromatic N) is 3. The molecule has 23 heavy (non-hydrogen) atoms. The number of likely N-dealkylation sites (tertiary alicyclic amines) is 1. The minimum absolute atomic E-state index is 0.104. The molecule has 4 heteroatoms. The molecule has 1 fully saturated rings. The molecule has 1 amide bonds. The molecule has 1 saturated heterocycles. The first-order chi connectivity index (χ1) is 11.2. The van der Waals surface area contributed by atoms with E-state index < -0.39 is 0 Å². The molecule has 1 aromatic heterocycles. The van der Waals surface area contributed by atoms with Crippen LogP contribution in [0, 0.1) is 5.92 Å². The van der Waals surface area contributed by atoms with Crippen LogP contribution in [0.5, 0.6) is 0 Å². The molecule has 0 radical (unpaired) electrons. The molecule has 2 heterocycles. The van der Waals surface area contributed by atoms with E-state index in [0.717, 1.165) is 31.7 Å². The Morgan fingerprint density at radius 1 is 1.22 bits per heavy atom. The summed E-state index contributed by atoms with van der Waals surface area (Å²) in [5.74, 6) is 0.332. The van der Waals surface area contributed by atoms with Gasteiger partial charge in [-0.2, -0.15) is 0 Å². The van der Waals surface area contributed by atoms with Gasteiger partial charge in [0.2, 0.25) is 5.91 Å². The highest BCUT2D eigenvalue weighted by molar-refractivity contribution is 5.79. The Morgan fingerprint density at radius 2 is 2.00 bits per heavy atom. The number of aromatic nitrogens is 1. The lowest BCUT2D eigenvalue weighted by Crippen LogP contribution is -2.34.